The van der Waals surface area contributed by atoms with Gasteiger partial charge in [0.25, 0.3) is 0 Å². The number of fused-ring (bicyclic) bond motifs is 1. The number of imidazole rings is 1. The van der Waals surface area contributed by atoms with E-state index in [-0.39, 0.29) is 0 Å². The second kappa shape index (κ2) is 11.4. The van der Waals surface area contributed by atoms with Gasteiger partial charge in [-0.15, -0.1) is 0 Å². The topological polar surface area (TPSA) is 115 Å². The average molecular weight is 595 g/mol. The third-order valence-electron chi connectivity index (χ3n) is 9.36. The van der Waals surface area contributed by atoms with Crippen molar-refractivity contribution in [3.8, 4) is 28.3 Å². The summed E-state index contributed by atoms with van der Waals surface area (Å²) in [6.45, 7) is 5.17. The Kier molecular flexibility index (Phi) is 6.91. The molecule has 0 bridgehead atoms. The molecule has 6 aromatic rings. The van der Waals surface area contributed by atoms with Crippen molar-refractivity contribution in [1.29, 1.82) is 0 Å². The number of hydrogen-bond acceptors (Lipinski definition) is 9. The van der Waals surface area contributed by atoms with Gasteiger partial charge < -0.3 is 10.6 Å². The molecular weight excluding hydrogens is 560 g/mol. The van der Waals surface area contributed by atoms with Crippen LogP contribution in [0, 0.1) is 5.41 Å². The number of hydrogen-bond donors (Lipinski definition) is 1. The van der Waals surface area contributed by atoms with E-state index in [1.54, 1.807) is 18.9 Å². The molecule has 224 valence electrons. The van der Waals surface area contributed by atoms with E-state index in [1.807, 2.05) is 42.5 Å². The van der Waals surface area contributed by atoms with E-state index in [0.29, 0.717) is 11.2 Å². The van der Waals surface area contributed by atoms with Gasteiger partial charge in [-0.2, -0.15) is 0 Å². The van der Waals surface area contributed by atoms with Crippen molar-refractivity contribution in [2.75, 3.05) is 36.8 Å². The first-order valence-corrected chi connectivity index (χ1v) is 15.5. The van der Waals surface area contributed by atoms with E-state index in [0.717, 1.165) is 78.2 Å². The van der Waals surface area contributed by atoms with Crippen molar-refractivity contribution in [3.05, 3.63) is 103 Å². The lowest BCUT2D eigenvalue weighted by molar-refractivity contribution is 0.205. The Labute approximate surface area is 261 Å². The molecule has 2 fully saturated rings. The van der Waals surface area contributed by atoms with Crippen molar-refractivity contribution in [2.45, 2.75) is 25.8 Å². The highest BCUT2D eigenvalue weighted by molar-refractivity contribution is 5.84. The van der Waals surface area contributed by atoms with Crippen LogP contribution in [0.5, 0.6) is 0 Å². The number of nitrogens with two attached hydrogens (primary N) is 1. The van der Waals surface area contributed by atoms with Gasteiger partial charge in [0.15, 0.2) is 11.5 Å². The van der Waals surface area contributed by atoms with E-state index in [4.69, 9.17) is 15.7 Å². The van der Waals surface area contributed by atoms with E-state index < -0.39 is 0 Å². The van der Waals surface area contributed by atoms with Gasteiger partial charge >= 0.3 is 0 Å². The minimum absolute atomic E-state index is 0.375. The largest absolute Gasteiger partial charge is 0.383 e. The molecule has 0 atom stereocenters. The van der Waals surface area contributed by atoms with Gasteiger partial charge in [0, 0.05) is 43.6 Å². The Balaban J connectivity index is 1.05. The molecule has 2 saturated heterocycles. The molecule has 10 nitrogen and oxygen atoms in total. The summed E-state index contributed by atoms with van der Waals surface area (Å²) in [5.74, 6) is 1.96. The molecule has 45 heavy (non-hydrogen) atoms. The first-order valence-electron chi connectivity index (χ1n) is 15.5. The molecule has 0 aliphatic carbocycles. The van der Waals surface area contributed by atoms with Crippen LogP contribution in [0.25, 0.3) is 39.5 Å². The quantitative estimate of drug-likeness (QED) is 0.270. The van der Waals surface area contributed by atoms with Gasteiger partial charge in [-0.3, -0.25) is 9.47 Å². The summed E-state index contributed by atoms with van der Waals surface area (Å²) >= 11 is 0. The molecule has 10 heteroatoms. The fourth-order valence-electron chi connectivity index (χ4n) is 6.92. The molecule has 6 heterocycles. The van der Waals surface area contributed by atoms with Crippen LogP contribution >= 0.6 is 0 Å². The molecule has 0 saturated carbocycles. The van der Waals surface area contributed by atoms with Gasteiger partial charge in [0.05, 0.1) is 11.3 Å². The van der Waals surface area contributed by atoms with Crippen LogP contribution < -0.4 is 10.6 Å². The number of nitrogens with zero attached hydrogens (tertiary/aromatic N) is 9. The number of likely N-dealkylation sites (tertiary alicyclic amines) is 1. The lowest BCUT2D eigenvalue weighted by Crippen LogP contribution is -2.42. The van der Waals surface area contributed by atoms with Crippen molar-refractivity contribution >= 4 is 22.9 Å². The van der Waals surface area contributed by atoms with E-state index in [1.165, 1.54) is 24.8 Å². The van der Waals surface area contributed by atoms with Crippen LogP contribution in [0.2, 0.25) is 0 Å². The Hall–Kier alpha value is -5.22. The molecule has 2 aliphatic rings. The lowest BCUT2D eigenvalue weighted by atomic mass is 9.78. The summed E-state index contributed by atoms with van der Waals surface area (Å²) in [5.41, 5.74) is 13.3. The van der Waals surface area contributed by atoms with Gasteiger partial charge in [-0.1, -0.05) is 42.5 Å². The van der Waals surface area contributed by atoms with Crippen molar-refractivity contribution in [1.82, 2.24) is 39.4 Å². The van der Waals surface area contributed by atoms with Crippen molar-refractivity contribution in [2.24, 2.45) is 5.41 Å². The summed E-state index contributed by atoms with van der Waals surface area (Å²) in [5, 5.41) is 0. The van der Waals surface area contributed by atoms with Crippen molar-refractivity contribution < 1.29 is 0 Å². The predicted molar refractivity (Wildman–Crippen MR) is 176 cm³/mol. The van der Waals surface area contributed by atoms with Crippen LogP contribution in [0.4, 0.5) is 11.8 Å². The van der Waals surface area contributed by atoms with Crippen LogP contribution in [0.15, 0.2) is 97.7 Å². The Morgan fingerprint density at radius 1 is 0.756 bits per heavy atom. The summed E-state index contributed by atoms with van der Waals surface area (Å²) < 4.78 is 2.10. The number of aromatic nitrogens is 7. The van der Waals surface area contributed by atoms with Crippen LogP contribution in [0.1, 0.15) is 24.8 Å². The monoisotopic (exact) mass is 594 g/mol. The highest BCUT2D eigenvalue weighted by Crippen LogP contribution is 2.41. The predicted octanol–water partition coefficient (Wildman–Crippen LogP) is 5.41. The fourth-order valence-corrected chi connectivity index (χ4v) is 6.92. The molecule has 2 N–H and O–H groups in total. The Morgan fingerprint density at radius 3 is 2.31 bits per heavy atom. The molecule has 0 radical (unpaired) electrons. The molecule has 2 aliphatic heterocycles. The Bertz CT molecular complexity index is 1930. The second-order valence-corrected chi connectivity index (χ2v) is 12.2. The van der Waals surface area contributed by atoms with Crippen LogP contribution in [-0.4, -0.2) is 65.5 Å². The molecule has 0 amide bonds. The summed E-state index contributed by atoms with van der Waals surface area (Å²) in [7, 11) is 0. The molecule has 4 aromatic heterocycles. The van der Waals surface area contributed by atoms with Crippen LogP contribution in [0.3, 0.4) is 0 Å². The smallest absolute Gasteiger partial charge is 0.228 e. The van der Waals surface area contributed by atoms with Gasteiger partial charge in [-0.25, -0.2) is 29.9 Å². The number of rotatable bonds is 6. The number of benzene rings is 2. The zero-order valence-corrected chi connectivity index (χ0v) is 25.0. The first kappa shape index (κ1) is 27.3. The molecule has 0 unspecified atom stereocenters. The summed E-state index contributed by atoms with van der Waals surface area (Å²) in [6.07, 6.45) is 8.44. The van der Waals surface area contributed by atoms with Crippen LogP contribution in [-0.2, 0) is 6.54 Å². The van der Waals surface area contributed by atoms with Crippen molar-refractivity contribution in [3.63, 3.8) is 0 Å². The zero-order valence-electron chi connectivity index (χ0n) is 25.0. The maximum atomic E-state index is 6.35. The minimum atomic E-state index is 0.375. The second-order valence-electron chi connectivity index (χ2n) is 12.2. The van der Waals surface area contributed by atoms with E-state index >= 15 is 0 Å². The minimum Gasteiger partial charge on any atom is -0.383 e. The number of piperidine rings is 1. The zero-order chi connectivity index (χ0) is 30.2. The normalized spacial score (nSPS) is 16.5. The number of pyridine rings is 2. The number of nitrogen functional groups attached to an aromatic ring is 1. The summed E-state index contributed by atoms with van der Waals surface area (Å²) in [4.78, 5) is 32.0. The standard InChI is InChI=1S/C35H34N10/c36-31-28(7-4-17-38-31)32-42-30-13-12-29(26-5-2-1-3-6-26)41-33(30)45(32)27-10-8-25(9-11-27)21-43-18-14-35(22-43)15-19-44(20-16-35)34-39-23-37-24-40-34/h1-13,17,23-24H,14-16,18-22H2,(H2,36,38). The maximum Gasteiger partial charge on any atom is 0.228 e. The average Bonchev–Trinajstić information content (AvgIpc) is 3.67. The number of anilines is 2. The third kappa shape index (κ3) is 5.27. The third-order valence-corrected chi connectivity index (χ3v) is 9.36. The molecule has 8 rings (SSSR count). The SMILES string of the molecule is Nc1ncccc1-c1nc2ccc(-c3ccccc3)nc2n1-c1ccc(CN2CCC3(CCN(c4ncncn4)CC3)C2)cc1. The molecule has 2 aromatic carbocycles. The van der Waals surface area contributed by atoms with E-state index in [9.17, 15) is 0 Å². The maximum absolute atomic E-state index is 6.35. The molecule has 1 spiro atoms. The van der Waals surface area contributed by atoms with E-state index in [2.05, 4.69) is 70.7 Å². The first-order chi connectivity index (χ1) is 22.1. The highest BCUT2D eigenvalue weighted by atomic mass is 15.3. The summed E-state index contributed by atoms with van der Waals surface area (Å²) in [6, 6.07) is 26.9. The lowest BCUT2D eigenvalue weighted by Gasteiger charge is -2.39. The van der Waals surface area contributed by atoms with Gasteiger partial charge in [-0.05, 0) is 73.2 Å². The Morgan fingerprint density at radius 2 is 1.53 bits per heavy atom. The molecular formula is C35H34N10. The van der Waals surface area contributed by atoms with Gasteiger partial charge in [0.2, 0.25) is 5.95 Å². The highest BCUT2D eigenvalue weighted by Gasteiger charge is 2.40. The van der Waals surface area contributed by atoms with Gasteiger partial charge in [0.1, 0.15) is 24.0 Å². The fraction of sp³-hybridized carbons (Fsp3) is 0.257.